The Morgan fingerprint density at radius 1 is 0.938 bits per heavy atom. The molecule has 0 aromatic heterocycles. The van der Waals surface area contributed by atoms with Gasteiger partial charge in [-0.2, -0.15) is 0 Å². The van der Waals surface area contributed by atoms with E-state index in [1.165, 1.54) is 22.0 Å². The highest BCUT2D eigenvalue weighted by molar-refractivity contribution is 8.16. The lowest BCUT2D eigenvalue weighted by molar-refractivity contribution is 1.37. The zero-order valence-electron chi connectivity index (χ0n) is 8.76. The third-order valence-electron chi connectivity index (χ3n) is 3.02. The smallest absolute Gasteiger partial charge is 0.0426 e. The quantitative estimate of drug-likeness (QED) is 0.722. The second-order valence-corrected chi connectivity index (χ2v) is 8.47. The van der Waals surface area contributed by atoms with Gasteiger partial charge in [0, 0.05) is 17.7 Å². The Hall–Kier alpha value is -0.950. The lowest BCUT2D eigenvalue weighted by atomic mass is 10.0. The van der Waals surface area contributed by atoms with Crippen LogP contribution < -0.4 is 10.8 Å². The van der Waals surface area contributed by atoms with E-state index in [-0.39, 0.29) is 0 Å². The molecule has 80 valence electrons. The maximum Gasteiger partial charge on any atom is 0.0426 e. The van der Waals surface area contributed by atoms with Gasteiger partial charge in [0.25, 0.3) is 0 Å². The lowest BCUT2D eigenvalue weighted by Gasteiger charge is -2.27. The van der Waals surface area contributed by atoms with Gasteiger partial charge < -0.3 is 0 Å². The highest BCUT2D eigenvalue weighted by atomic mass is 32.4. The van der Waals surface area contributed by atoms with Crippen LogP contribution in [-0.2, 0) is 18.0 Å². The van der Waals surface area contributed by atoms with Crippen LogP contribution in [0.3, 0.4) is 0 Å². The molecule has 0 bridgehead atoms. The topological polar surface area (TPSA) is 26.0 Å². The molecule has 0 amide bonds. The minimum Gasteiger partial charge on any atom is -0.299 e. The van der Waals surface area contributed by atoms with Crippen LogP contribution >= 0.6 is 6.19 Å². The number of fused-ring (bicyclic) bond motifs is 3. The first-order valence-electron chi connectivity index (χ1n) is 5.24. The molecule has 3 rings (SSSR count). The summed E-state index contributed by atoms with van der Waals surface area (Å²) in [4.78, 5) is 0. The molecule has 2 aromatic rings. The van der Waals surface area contributed by atoms with Gasteiger partial charge >= 0.3 is 0 Å². The van der Waals surface area contributed by atoms with E-state index in [4.69, 9.17) is 17.3 Å². The van der Waals surface area contributed by atoms with Crippen LogP contribution in [0.5, 0.6) is 0 Å². The van der Waals surface area contributed by atoms with Crippen LogP contribution in [-0.4, -0.2) is 0 Å². The summed E-state index contributed by atoms with van der Waals surface area (Å²) in [6.45, 7) is 0. The van der Waals surface area contributed by atoms with Crippen LogP contribution in [0.15, 0.2) is 48.5 Å². The minimum absolute atomic E-state index is 0.843. The summed E-state index contributed by atoms with van der Waals surface area (Å²) in [5.74, 6) is 0. The normalized spacial score (nSPS) is 22.3. The van der Waals surface area contributed by atoms with Crippen molar-refractivity contribution in [3.05, 3.63) is 54.1 Å². The summed E-state index contributed by atoms with van der Waals surface area (Å²) in [6.07, 6.45) is -1.03. The summed E-state index contributed by atoms with van der Waals surface area (Å²) in [6, 6.07) is 16.7. The number of hydrogen-bond acceptors (Lipinski definition) is 1. The van der Waals surface area contributed by atoms with Crippen molar-refractivity contribution in [2.75, 3.05) is 0 Å². The average Bonchev–Trinajstić information content (AvgIpc) is 2.29. The average molecular weight is 245 g/mol. The van der Waals surface area contributed by atoms with E-state index < -0.39 is 6.19 Å². The van der Waals surface area contributed by atoms with Gasteiger partial charge in [-0.25, -0.2) is 0 Å². The van der Waals surface area contributed by atoms with Gasteiger partial charge in [0.1, 0.15) is 0 Å². The molecule has 0 radical (unpaired) electrons. The standard InChI is InChI=1S/C13H12NPS/c14-15(16)9-10-5-1-2-6-11(10)12-7-3-4-8-13(12)15/h1-8H,9H2,(H2,14,16). The fourth-order valence-electron chi connectivity index (χ4n) is 2.29. The van der Waals surface area contributed by atoms with E-state index in [1.807, 2.05) is 6.07 Å². The molecular formula is C13H12NPS. The van der Waals surface area contributed by atoms with Gasteiger partial charge in [0.15, 0.2) is 0 Å². The highest BCUT2D eigenvalue weighted by Gasteiger charge is 2.25. The van der Waals surface area contributed by atoms with Crippen molar-refractivity contribution in [1.82, 2.24) is 0 Å². The van der Waals surface area contributed by atoms with Crippen LogP contribution in [0, 0.1) is 0 Å². The van der Waals surface area contributed by atoms with E-state index in [9.17, 15) is 0 Å². The maximum atomic E-state index is 6.33. The number of rotatable bonds is 0. The van der Waals surface area contributed by atoms with Crippen molar-refractivity contribution < 1.29 is 0 Å². The van der Waals surface area contributed by atoms with Crippen molar-refractivity contribution in [2.45, 2.75) is 6.16 Å². The highest BCUT2D eigenvalue weighted by Crippen LogP contribution is 2.48. The first-order valence-corrected chi connectivity index (χ1v) is 8.30. The second-order valence-electron chi connectivity index (χ2n) is 4.13. The molecule has 1 unspecified atom stereocenters. The molecule has 1 aliphatic heterocycles. The Bertz CT molecular complexity index is 606. The summed E-state index contributed by atoms with van der Waals surface area (Å²) >= 11 is 5.61. The largest absolute Gasteiger partial charge is 0.299 e. The van der Waals surface area contributed by atoms with Gasteiger partial charge in [0.05, 0.1) is 0 Å². The fraction of sp³-hybridized carbons (Fsp3) is 0.0769. The van der Waals surface area contributed by atoms with E-state index in [0.29, 0.717) is 0 Å². The Balaban J connectivity index is 2.38. The van der Waals surface area contributed by atoms with E-state index >= 15 is 0 Å². The SMILES string of the molecule is NP1(=S)Cc2ccccc2-c2ccccc21. The van der Waals surface area contributed by atoms with E-state index in [1.54, 1.807) is 0 Å². The van der Waals surface area contributed by atoms with Crippen LogP contribution in [0.1, 0.15) is 5.56 Å². The first kappa shape index (κ1) is 10.2. The van der Waals surface area contributed by atoms with Crippen molar-refractivity contribution in [3.8, 4) is 11.1 Å². The molecule has 2 aromatic carbocycles. The number of hydrogen-bond donors (Lipinski definition) is 1. The molecule has 0 spiro atoms. The molecule has 0 fully saturated rings. The second kappa shape index (κ2) is 3.53. The molecule has 1 atom stereocenters. The molecule has 1 nitrogen and oxygen atoms in total. The number of nitrogens with two attached hydrogens (primary N) is 1. The van der Waals surface area contributed by atoms with Crippen molar-refractivity contribution >= 4 is 23.3 Å². The summed E-state index contributed by atoms with van der Waals surface area (Å²) < 4.78 is 0. The Labute approximate surface area is 100 Å². The van der Waals surface area contributed by atoms with Gasteiger partial charge in [0.2, 0.25) is 0 Å². The maximum absolute atomic E-state index is 6.33. The summed E-state index contributed by atoms with van der Waals surface area (Å²) in [7, 11) is 0. The van der Waals surface area contributed by atoms with Crippen LogP contribution in [0.2, 0.25) is 0 Å². The van der Waals surface area contributed by atoms with Crippen molar-refractivity contribution in [1.29, 1.82) is 0 Å². The zero-order chi connectivity index (χ0) is 11.2. The molecule has 0 aliphatic carbocycles. The van der Waals surface area contributed by atoms with E-state index in [0.717, 1.165) is 6.16 Å². The predicted octanol–water partition coefficient (Wildman–Crippen LogP) is 2.85. The monoisotopic (exact) mass is 245 g/mol. The minimum atomic E-state index is -1.88. The van der Waals surface area contributed by atoms with Gasteiger partial charge in [-0.1, -0.05) is 60.3 Å². The van der Waals surface area contributed by atoms with Crippen molar-refractivity contribution in [2.24, 2.45) is 5.50 Å². The van der Waals surface area contributed by atoms with Gasteiger partial charge in [-0.05, 0) is 16.7 Å². The van der Waals surface area contributed by atoms with Crippen LogP contribution in [0.4, 0.5) is 0 Å². The van der Waals surface area contributed by atoms with Crippen LogP contribution in [0.25, 0.3) is 11.1 Å². The van der Waals surface area contributed by atoms with E-state index in [2.05, 4.69) is 42.5 Å². The van der Waals surface area contributed by atoms with Gasteiger partial charge in [-0.15, -0.1) is 0 Å². The lowest BCUT2D eigenvalue weighted by Crippen LogP contribution is -2.20. The zero-order valence-corrected chi connectivity index (χ0v) is 10.5. The molecule has 1 heterocycles. The molecular weight excluding hydrogens is 233 g/mol. The molecule has 1 aliphatic rings. The Morgan fingerprint density at radius 2 is 1.56 bits per heavy atom. The third-order valence-corrected chi connectivity index (χ3v) is 6.02. The fourth-order valence-corrected chi connectivity index (χ4v) is 5.08. The first-order chi connectivity index (χ1) is 7.68. The summed E-state index contributed by atoms with van der Waals surface area (Å²) in [5, 5.41) is 1.18. The molecule has 3 heteroatoms. The molecule has 0 saturated carbocycles. The predicted molar refractivity (Wildman–Crippen MR) is 73.7 cm³/mol. The van der Waals surface area contributed by atoms with Gasteiger partial charge in [-0.3, -0.25) is 5.50 Å². The third kappa shape index (κ3) is 1.46. The summed E-state index contributed by atoms with van der Waals surface area (Å²) in [5.41, 5.74) is 10.2. The molecule has 0 saturated heterocycles. The van der Waals surface area contributed by atoms with Crippen molar-refractivity contribution in [3.63, 3.8) is 0 Å². The number of benzene rings is 2. The molecule has 2 N–H and O–H groups in total. The molecule has 16 heavy (non-hydrogen) atoms. The Morgan fingerprint density at radius 3 is 2.38 bits per heavy atom. The Kier molecular flexibility index (Phi) is 2.25.